The van der Waals surface area contributed by atoms with Crippen LogP contribution in [0.2, 0.25) is 0 Å². The Morgan fingerprint density at radius 1 is 0.833 bits per heavy atom. The van der Waals surface area contributed by atoms with E-state index >= 15 is 0 Å². The second-order valence-electron chi connectivity index (χ2n) is 5.58. The van der Waals surface area contributed by atoms with Crippen LogP contribution in [0.4, 0.5) is 0 Å². The molecule has 0 aromatic heterocycles. The Kier molecular flexibility index (Phi) is 6.36. The van der Waals surface area contributed by atoms with Gasteiger partial charge in [-0.3, -0.25) is 0 Å². The summed E-state index contributed by atoms with van der Waals surface area (Å²) in [5, 5.41) is 0. The van der Waals surface area contributed by atoms with E-state index in [1.807, 2.05) is 42.5 Å². The Hall–Kier alpha value is -1.89. The van der Waals surface area contributed by atoms with E-state index in [2.05, 4.69) is 19.9 Å². The molecular formula is C19H21IO4. The van der Waals surface area contributed by atoms with Crippen LogP contribution < -0.4 is 0 Å². The van der Waals surface area contributed by atoms with Crippen molar-refractivity contribution in [1.82, 2.24) is 0 Å². The van der Waals surface area contributed by atoms with Crippen molar-refractivity contribution in [2.24, 2.45) is 0 Å². The Bertz CT molecular complexity index is 724. The van der Waals surface area contributed by atoms with E-state index in [4.69, 9.17) is 6.13 Å². The first-order valence-corrected chi connectivity index (χ1v) is 10.5. The molecule has 0 saturated heterocycles. The van der Waals surface area contributed by atoms with Crippen molar-refractivity contribution < 1.29 is 15.7 Å². The Labute approximate surface area is 150 Å². The number of halogens is 1. The molecule has 0 unspecified atom stereocenters. The van der Waals surface area contributed by atoms with E-state index in [0.29, 0.717) is 5.92 Å². The van der Waals surface area contributed by atoms with E-state index in [1.54, 1.807) is 0 Å². The van der Waals surface area contributed by atoms with Crippen molar-refractivity contribution in [3.05, 3.63) is 57.7 Å². The van der Waals surface area contributed by atoms with E-state index in [9.17, 15) is 9.59 Å². The van der Waals surface area contributed by atoms with E-state index in [0.717, 1.165) is 14.7 Å². The third kappa shape index (κ3) is 4.56. The van der Waals surface area contributed by atoms with Crippen molar-refractivity contribution in [2.75, 3.05) is 0 Å². The summed E-state index contributed by atoms with van der Waals surface area (Å²) in [6.45, 7) is 6.93. The zero-order valence-electron chi connectivity index (χ0n) is 14.2. The third-order valence-corrected chi connectivity index (χ3v) is 7.20. The van der Waals surface area contributed by atoms with Gasteiger partial charge in [0.15, 0.2) is 0 Å². The maximum atomic E-state index is 11.5. The Balaban J connectivity index is 2.57. The minimum absolute atomic E-state index is 0.346. The third-order valence-electron chi connectivity index (χ3n) is 3.27. The fraction of sp³-hybridized carbons (Fsp3) is 0.263. The van der Waals surface area contributed by atoms with Crippen LogP contribution in [0.15, 0.2) is 48.5 Å². The maximum absolute atomic E-state index is 11.5. The predicted octanol–water partition coefficient (Wildman–Crippen LogP) is 5.11. The first kappa shape index (κ1) is 18.4. The van der Waals surface area contributed by atoms with Crippen molar-refractivity contribution in [2.45, 2.75) is 33.6 Å². The van der Waals surface area contributed by atoms with Gasteiger partial charge in [0, 0.05) is 0 Å². The summed E-state index contributed by atoms with van der Waals surface area (Å²) in [6.07, 6.45) is 0. The Morgan fingerprint density at radius 3 is 1.88 bits per heavy atom. The van der Waals surface area contributed by atoms with Crippen LogP contribution in [0, 0.1) is 3.57 Å². The number of hydrogen-bond acceptors (Lipinski definition) is 4. The van der Waals surface area contributed by atoms with Gasteiger partial charge in [-0.1, -0.05) is 0 Å². The van der Waals surface area contributed by atoms with Crippen LogP contribution in [-0.2, 0) is 15.7 Å². The predicted molar refractivity (Wildman–Crippen MR) is 102 cm³/mol. The second-order valence-corrected chi connectivity index (χ2v) is 8.86. The number of hydrogen-bond donors (Lipinski definition) is 0. The van der Waals surface area contributed by atoms with Gasteiger partial charge in [0.05, 0.1) is 0 Å². The topological polar surface area (TPSA) is 52.6 Å². The summed E-state index contributed by atoms with van der Waals surface area (Å²) in [5.74, 6) is -0.527. The quantitative estimate of drug-likeness (QED) is 0.607. The summed E-state index contributed by atoms with van der Waals surface area (Å²) in [4.78, 5) is 22.9. The van der Waals surface area contributed by atoms with Crippen molar-refractivity contribution in [3.8, 4) is 11.1 Å². The van der Waals surface area contributed by atoms with Gasteiger partial charge in [-0.15, -0.1) is 0 Å². The molecule has 0 aliphatic heterocycles. The standard InChI is InChI=1S/C19H21IO4/c1-13(2)16-9-5-6-10-17(16)18-11-7-8-12-19(18)20(23-14(3)21)24-15(4)22/h5-13H,1-4H3. The van der Waals surface area contributed by atoms with Crippen LogP contribution in [0.1, 0.15) is 39.2 Å². The average Bonchev–Trinajstić information content (AvgIpc) is 2.53. The molecule has 2 rings (SSSR count). The molecule has 128 valence electrons. The first-order chi connectivity index (χ1) is 11.4. The van der Waals surface area contributed by atoms with Gasteiger partial charge in [0.2, 0.25) is 0 Å². The zero-order chi connectivity index (χ0) is 17.7. The summed E-state index contributed by atoms with van der Waals surface area (Å²) < 4.78 is 11.6. The molecule has 0 N–H and O–H groups in total. The summed E-state index contributed by atoms with van der Waals surface area (Å²) in [5.41, 5.74) is 3.23. The molecule has 0 aliphatic rings. The fourth-order valence-electron chi connectivity index (χ4n) is 2.36. The van der Waals surface area contributed by atoms with E-state index in [-0.39, 0.29) is 0 Å². The molecule has 0 radical (unpaired) electrons. The normalized spacial score (nSPS) is 11.1. The summed E-state index contributed by atoms with van der Waals surface area (Å²) in [6, 6.07) is 15.8. The van der Waals surface area contributed by atoms with Gasteiger partial charge >= 0.3 is 151 Å². The van der Waals surface area contributed by atoms with Crippen LogP contribution in [0.25, 0.3) is 11.1 Å². The van der Waals surface area contributed by atoms with Gasteiger partial charge in [0.1, 0.15) is 0 Å². The zero-order valence-corrected chi connectivity index (χ0v) is 16.4. The van der Waals surface area contributed by atoms with Crippen molar-refractivity contribution >= 4 is 32.6 Å². The SMILES string of the molecule is CC(=O)OI(OC(C)=O)c1ccccc1-c1ccccc1C(C)C. The molecule has 0 fully saturated rings. The number of carbonyl (C=O) groups is 2. The molecule has 0 saturated carbocycles. The second kappa shape index (κ2) is 8.28. The Morgan fingerprint density at radius 2 is 1.33 bits per heavy atom. The number of benzene rings is 2. The van der Waals surface area contributed by atoms with Crippen molar-refractivity contribution in [1.29, 1.82) is 0 Å². The van der Waals surface area contributed by atoms with Crippen LogP contribution in [-0.4, -0.2) is 11.9 Å². The minimum atomic E-state index is -2.87. The van der Waals surface area contributed by atoms with Gasteiger partial charge in [-0.2, -0.15) is 0 Å². The average molecular weight is 440 g/mol. The number of carbonyl (C=O) groups excluding carboxylic acids is 2. The van der Waals surface area contributed by atoms with Gasteiger partial charge in [0.25, 0.3) is 0 Å². The molecule has 0 bridgehead atoms. The molecule has 5 heteroatoms. The molecule has 2 aromatic rings. The molecule has 0 spiro atoms. The molecule has 2 aromatic carbocycles. The fourth-order valence-corrected chi connectivity index (χ4v) is 5.49. The molecule has 0 amide bonds. The molecule has 0 heterocycles. The first-order valence-electron chi connectivity index (χ1n) is 7.66. The van der Waals surface area contributed by atoms with Gasteiger partial charge in [-0.05, 0) is 0 Å². The van der Waals surface area contributed by atoms with Crippen LogP contribution in [0.5, 0.6) is 0 Å². The van der Waals surface area contributed by atoms with E-state index in [1.165, 1.54) is 19.4 Å². The van der Waals surface area contributed by atoms with Gasteiger partial charge in [-0.25, -0.2) is 0 Å². The summed E-state index contributed by atoms with van der Waals surface area (Å²) in [7, 11) is 0. The van der Waals surface area contributed by atoms with Crippen LogP contribution in [0.3, 0.4) is 0 Å². The molecular weight excluding hydrogens is 419 g/mol. The van der Waals surface area contributed by atoms with Crippen molar-refractivity contribution in [3.63, 3.8) is 0 Å². The molecule has 24 heavy (non-hydrogen) atoms. The molecule has 4 nitrogen and oxygen atoms in total. The van der Waals surface area contributed by atoms with Gasteiger partial charge < -0.3 is 0 Å². The number of rotatable bonds is 5. The monoisotopic (exact) mass is 440 g/mol. The van der Waals surface area contributed by atoms with Crippen LogP contribution >= 0.6 is 20.6 Å². The molecule has 0 aliphatic carbocycles. The summed E-state index contributed by atoms with van der Waals surface area (Å²) >= 11 is -2.87. The molecule has 0 atom stereocenters. The van der Waals surface area contributed by atoms with E-state index < -0.39 is 32.6 Å².